The molecule has 0 aliphatic carbocycles. The fourth-order valence-electron chi connectivity index (χ4n) is 2.90. The van der Waals surface area contributed by atoms with E-state index in [-0.39, 0.29) is 23.6 Å². The van der Waals surface area contributed by atoms with Gasteiger partial charge in [0.15, 0.2) is 5.78 Å². The lowest BCUT2D eigenvalue weighted by Crippen LogP contribution is -2.43. The molecule has 5 nitrogen and oxygen atoms in total. The molecule has 2 rings (SSSR count). The van der Waals surface area contributed by atoms with Gasteiger partial charge in [-0.3, -0.25) is 4.79 Å². The van der Waals surface area contributed by atoms with Crippen LogP contribution in [0.2, 0.25) is 5.02 Å². The maximum atomic E-state index is 12.7. The number of carbonyl (C=O) groups excluding carboxylic acids is 2. The summed E-state index contributed by atoms with van der Waals surface area (Å²) >= 11 is 5.85. The lowest BCUT2D eigenvalue weighted by atomic mass is 9.88. The van der Waals surface area contributed by atoms with E-state index in [9.17, 15) is 14.7 Å². The summed E-state index contributed by atoms with van der Waals surface area (Å²) in [6.07, 6.45) is 0.770. The predicted octanol–water partition coefficient (Wildman–Crippen LogP) is 4.85. The minimum Gasteiger partial charge on any atom is -0.507 e. The molecular formula is C20H26ClNO4. The SMILES string of the molecule is C/C(C(=O)C1CCN(C(=O)OC(C)(C)C)CC1)=C(/O)c1ccc(Cl)cc1. The zero-order valence-electron chi connectivity index (χ0n) is 15.7. The number of piperidine rings is 1. The summed E-state index contributed by atoms with van der Waals surface area (Å²) in [6, 6.07) is 6.70. The van der Waals surface area contributed by atoms with Crippen LogP contribution in [-0.4, -0.2) is 40.6 Å². The number of nitrogens with zero attached hydrogens (tertiary/aromatic N) is 1. The first-order chi connectivity index (χ1) is 12.1. The highest BCUT2D eigenvalue weighted by molar-refractivity contribution is 6.30. The Balaban J connectivity index is 2.00. The van der Waals surface area contributed by atoms with E-state index in [1.165, 1.54) is 0 Å². The normalized spacial score (nSPS) is 16.9. The molecule has 0 aromatic heterocycles. The minimum absolute atomic E-state index is 0.0266. The predicted molar refractivity (Wildman–Crippen MR) is 102 cm³/mol. The number of aliphatic hydroxyl groups is 1. The Bertz CT molecular complexity index is 696. The van der Waals surface area contributed by atoms with Crippen molar-refractivity contribution in [2.24, 2.45) is 5.92 Å². The first kappa shape index (κ1) is 20.3. The quantitative estimate of drug-likeness (QED) is 0.602. The van der Waals surface area contributed by atoms with E-state index in [1.54, 1.807) is 36.1 Å². The number of benzene rings is 1. The van der Waals surface area contributed by atoms with E-state index in [2.05, 4.69) is 0 Å². The second kappa shape index (κ2) is 8.12. The molecule has 0 bridgehead atoms. The number of rotatable bonds is 3. The van der Waals surface area contributed by atoms with Gasteiger partial charge in [-0.25, -0.2) is 4.79 Å². The summed E-state index contributed by atoms with van der Waals surface area (Å²) in [7, 11) is 0. The number of allylic oxidation sites excluding steroid dienone is 1. The van der Waals surface area contributed by atoms with Crippen LogP contribution in [0.25, 0.3) is 5.76 Å². The van der Waals surface area contributed by atoms with Crippen LogP contribution in [0.3, 0.4) is 0 Å². The van der Waals surface area contributed by atoms with Crippen LogP contribution in [0.15, 0.2) is 29.8 Å². The van der Waals surface area contributed by atoms with Gasteiger partial charge in [-0.2, -0.15) is 0 Å². The summed E-state index contributed by atoms with van der Waals surface area (Å²) in [6.45, 7) is 8.06. The number of carbonyl (C=O) groups is 2. The van der Waals surface area contributed by atoms with Gasteiger partial charge in [0.25, 0.3) is 0 Å². The van der Waals surface area contributed by atoms with Gasteiger partial charge in [0.2, 0.25) is 0 Å². The Morgan fingerprint density at radius 1 is 1.15 bits per heavy atom. The van der Waals surface area contributed by atoms with Gasteiger partial charge in [-0.15, -0.1) is 0 Å². The number of halogens is 1. The summed E-state index contributed by atoms with van der Waals surface area (Å²) in [4.78, 5) is 26.4. The van der Waals surface area contributed by atoms with Crippen LogP contribution >= 0.6 is 11.6 Å². The molecule has 0 spiro atoms. The molecular weight excluding hydrogens is 354 g/mol. The molecule has 1 saturated heterocycles. The zero-order chi connectivity index (χ0) is 19.5. The van der Waals surface area contributed by atoms with Crippen LogP contribution in [0.4, 0.5) is 4.79 Å². The Morgan fingerprint density at radius 2 is 1.69 bits per heavy atom. The Hall–Kier alpha value is -2.01. The Morgan fingerprint density at radius 3 is 2.19 bits per heavy atom. The third-order valence-electron chi connectivity index (χ3n) is 4.36. The van der Waals surface area contributed by atoms with Crippen molar-refractivity contribution in [3.8, 4) is 0 Å². The average Bonchev–Trinajstić information content (AvgIpc) is 2.59. The fourth-order valence-corrected chi connectivity index (χ4v) is 3.02. The van der Waals surface area contributed by atoms with Crippen LogP contribution in [-0.2, 0) is 9.53 Å². The second-order valence-electron chi connectivity index (χ2n) is 7.59. The van der Waals surface area contributed by atoms with E-state index < -0.39 is 5.60 Å². The molecule has 1 heterocycles. The third-order valence-corrected chi connectivity index (χ3v) is 4.61. The first-order valence-electron chi connectivity index (χ1n) is 8.76. The van der Waals surface area contributed by atoms with Crippen molar-refractivity contribution in [1.82, 2.24) is 4.90 Å². The number of hydrogen-bond donors (Lipinski definition) is 1. The molecule has 6 heteroatoms. The van der Waals surface area contributed by atoms with Gasteiger partial charge in [0.05, 0.1) is 0 Å². The molecule has 26 heavy (non-hydrogen) atoms. The van der Waals surface area contributed by atoms with Crippen molar-refractivity contribution in [3.05, 3.63) is 40.4 Å². The Labute approximate surface area is 159 Å². The lowest BCUT2D eigenvalue weighted by molar-refractivity contribution is -0.120. The number of aliphatic hydroxyl groups excluding tert-OH is 1. The van der Waals surface area contributed by atoms with Crippen molar-refractivity contribution >= 4 is 29.2 Å². The number of Topliss-reactive ketones (excluding diaryl/α,β-unsaturated/α-hetero) is 1. The molecule has 1 aliphatic heterocycles. The van der Waals surface area contributed by atoms with Crippen molar-refractivity contribution in [1.29, 1.82) is 0 Å². The smallest absolute Gasteiger partial charge is 0.410 e. The van der Waals surface area contributed by atoms with Gasteiger partial charge in [0.1, 0.15) is 11.4 Å². The van der Waals surface area contributed by atoms with Crippen molar-refractivity contribution < 1.29 is 19.4 Å². The highest BCUT2D eigenvalue weighted by Crippen LogP contribution is 2.26. The molecule has 0 saturated carbocycles. The second-order valence-corrected chi connectivity index (χ2v) is 8.02. The zero-order valence-corrected chi connectivity index (χ0v) is 16.5. The number of hydrogen-bond acceptors (Lipinski definition) is 4. The molecule has 1 aliphatic rings. The molecule has 1 amide bonds. The van der Waals surface area contributed by atoms with Gasteiger partial charge in [-0.1, -0.05) is 11.6 Å². The molecule has 0 unspecified atom stereocenters. The maximum absolute atomic E-state index is 12.7. The summed E-state index contributed by atoms with van der Waals surface area (Å²) in [5, 5.41) is 10.9. The molecule has 0 radical (unpaired) electrons. The number of amides is 1. The van der Waals surface area contributed by atoms with E-state index in [4.69, 9.17) is 16.3 Å². The molecule has 1 aromatic carbocycles. The topological polar surface area (TPSA) is 66.8 Å². The van der Waals surface area contributed by atoms with Crippen molar-refractivity contribution in [2.75, 3.05) is 13.1 Å². The van der Waals surface area contributed by atoms with E-state index in [0.29, 0.717) is 42.1 Å². The first-order valence-corrected chi connectivity index (χ1v) is 9.14. The van der Waals surface area contributed by atoms with Gasteiger partial charge < -0.3 is 14.7 Å². The van der Waals surface area contributed by atoms with Crippen LogP contribution in [0.5, 0.6) is 0 Å². The van der Waals surface area contributed by atoms with Gasteiger partial charge >= 0.3 is 6.09 Å². The highest BCUT2D eigenvalue weighted by Gasteiger charge is 2.31. The molecule has 0 atom stereocenters. The largest absolute Gasteiger partial charge is 0.507 e. The Kier molecular flexibility index (Phi) is 6.34. The van der Waals surface area contributed by atoms with E-state index in [0.717, 1.165) is 0 Å². The fraction of sp³-hybridized carbons (Fsp3) is 0.500. The number of likely N-dealkylation sites (tertiary alicyclic amines) is 1. The average molecular weight is 380 g/mol. The van der Waals surface area contributed by atoms with E-state index >= 15 is 0 Å². The minimum atomic E-state index is -0.534. The maximum Gasteiger partial charge on any atom is 0.410 e. The summed E-state index contributed by atoms with van der Waals surface area (Å²) < 4.78 is 5.37. The van der Waals surface area contributed by atoms with E-state index in [1.807, 2.05) is 20.8 Å². The number of ketones is 1. The molecule has 1 aromatic rings. The standard InChI is InChI=1S/C20H26ClNO4/c1-13(17(23)14-5-7-16(21)8-6-14)18(24)15-9-11-22(12-10-15)19(25)26-20(2,3)4/h5-8,15,23H,9-12H2,1-4H3/b17-13-. The summed E-state index contributed by atoms with van der Waals surface area (Å²) in [5.41, 5.74) is 0.363. The van der Waals surface area contributed by atoms with Crippen LogP contribution < -0.4 is 0 Å². The number of ether oxygens (including phenoxy) is 1. The van der Waals surface area contributed by atoms with Crippen molar-refractivity contribution in [3.63, 3.8) is 0 Å². The van der Waals surface area contributed by atoms with Gasteiger partial charge in [0, 0.05) is 35.2 Å². The van der Waals surface area contributed by atoms with Crippen molar-refractivity contribution in [2.45, 2.75) is 46.1 Å². The monoisotopic (exact) mass is 379 g/mol. The van der Waals surface area contributed by atoms with Gasteiger partial charge in [-0.05, 0) is 64.8 Å². The molecule has 142 valence electrons. The molecule has 1 fully saturated rings. The third kappa shape index (κ3) is 5.24. The summed E-state index contributed by atoms with van der Waals surface area (Å²) in [5.74, 6) is -0.314. The highest BCUT2D eigenvalue weighted by atomic mass is 35.5. The molecule has 1 N–H and O–H groups in total. The van der Waals surface area contributed by atoms with Crippen LogP contribution in [0, 0.1) is 5.92 Å². The lowest BCUT2D eigenvalue weighted by Gasteiger charge is -2.33. The van der Waals surface area contributed by atoms with Crippen LogP contribution in [0.1, 0.15) is 46.1 Å².